The Morgan fingerprint density at radius 3 is 2.59 bits per heavy atom. The summed E-state index contributed by atoms with van der Waals surface area (Å²) in [7, 11) is 0. The first-order valence-corrected chi connectivity index (χ1v) is 7.13. The molecule has 1 aliphatic rings. The lowest BCUT2D eigenvalue weighted by Gasteiger charge is -2.31. The molecule has 0 aromatic heterocycles. The van der Waals surface area contributed by atoms with Crippen molar-refractivity contribution in [3.8, 4) is 0 Å². The van der Waals surface area contributed by atoms with E-state index in [1.54, 1.807) is 0 Å². The van der Waals surface area contributed by atoms with Crippen LogP contribution in [0, 0.1) is 0 Å². The van der Waals surface area contributed by atoms with Crippen LogP contribution < -0.4 is 4.90 Å². The van der Waals surface area contributed by atoms with Crippen molar-refractivity contribution >= 4 is 38.6 Å². The van der Waals surface area contributed by atoms with Gasteiger partial charge in [0.05, 0.1) is 0 Å². The summed E-state index contributed by atoms with van der Waals surface area (Å²) in [6.07, 6.45) is 1.20. The number of benzene rings is 1. The van der Waals surface area contributed by atoms with Gasteiger partial charge < -0.3 is 4.90 Å². The molecule has 0 N–H and O–H groups in total. The molecule has 0 saturated heterocycles. The number of anilines is 1. The van der Waals surface area contributed by atoms with Crippen molar-refractivity contribution in [3.63, 3.8) is 0 Å². The lowest BCUT2D eigenvalue weighted by atomic mass is 9.81. The van der Waals surface area contributed by atoms with Crippen molar-refractivity contribution in [1.29, 1.82) is 0 Å². The molecule has 1 aliphatic heterocycles. The van der Waals surface area contributed by atoms with Gasteiger partial charge in [0.1, 0.15) is 0 Å². The molecule has 0 fully saturated rings. The summed E-state index contributed by atoms with van der Waals surface area (Å²) >= 11 is 3.52. The average Bonchev–Trinajstić information content (AvgIpc) is 2.47. The van der Waals surface area contributed by atoms with Gasteiger partial charge in [-0.25, -0.2) is 0 Å². The second-order valence-electron chi connectivity index (χ2n) is 5.15. The smallest absolute Gasteiger partial charge is 0.0407 e. The number of halogens is 2. The first-order chi connectivity index (χ1) is 7.59. The third kappa shape index (κ3) is 2.55. The van der Waals surface area contributed by atoms with Crippen molar-refractivity contribution in [3.05, 3.63) is 29.8 Å². The minimum absolute atomic E-state index is 0. The molecule has 0 saturated carbocycles. The number of fused-ring (bicyclic) bond motifs is 1. The van der Waals surface area contributed by atoms with E-state index in [-0.39, 0.29) is 22.4 Å². The van der Waals surface area contributed by atoms with Crippen LogP contribution in [0.5, 0.6) is 0 Å². The zero-order valence-corrected chi connectivity index (χ0v) is 14.0. The van der Waals surface area contributed by atoms with Crippen molar-refractivity contribution in [2.45, 2.75) is 38.6 Å². The van der Waals surface area contributed by atoms with E-state index in [2.05, 4.69) is 65.9 Å². The molecule has 0 bridgehead atoms. The summed E-state index contributed by atoms with van der Waals surface area (Å²) < 4.78 is 0. The maximum atomic E-state index is 3.52. The summed E-state index contributed by atoms with van der Waals surface area (Å²) in [5.74, 6) is 0. The highest BCUT2D eigenvalue weighted by Gasteiger charge is 2.40. The van der Waals surface area contributed by atoms with Crippen LogP contribution in [-0.4, -0.2) is 17.9 Å². The maximum absolute atomic E-state index is 3.52. The minimum Gasteiger partial charge on any atom is -0.368 e. The lowest BCUT2D eigenvalue weighted by molar-refractivity contribution is 0.441. The third-order valence-electron chi connectivity index (χ3n) is 3.95. The Morgan fingerprint density at radius 1 is 1.29 bits per heavy atom. The van der Waals surface area contributed by atoms with Gasteiger partial charge in [-0.15, -0.1) is 17.0 Å². The molecule has 0 aliphatic carbocycles. The Balaban J connectivity index is 0.00000144. The molecule has 0 radical (unpaired) electrons. The van der Waals surface area contributed by atoms with Crippen molar-refractivity contribution in [1.82, 2.24) is 0 Å². The molecule has 1 heterocycles. The molecule has 1 atom stereocenters. The molecule has 3 heteroatoms. The molecule has 2 rings (SSSR count). The topological polar surface area (TPSA) is 3.24 Å². The number of alkyl halides is 1. The van der Waals surface area contributed by atoms with Gasteiger partial charge >= 0.3 is 0 Å². The molecule has 0 spiro atoms. The summed E-state index contributed by atoms with van der Waals surface area (Å²) in [6.45, 7) is 8.19. The van der Waals surface area contributed by atoms with E-state index >= 15 is 0 Å². The highest BCUT2D eigenvalue weighted by Crippen LogP contribution is 2.44. The Hall–Kier alpha value is -0.0200. The average molecular weight is 363 g/mol. The zero-order valence-electron chi connectivity index (χ0n) is 10.7. The van der Waals surface area contributed by atoms with Crippen LogP contribution in [-0.2, 0) is 5.41 Å². The standard InChI is InChI=1S/C14H20BrN.BrH/c1-11-14(2,3)12-7-4-5-8-13(12)16(11)10-6-9-15;/h4-5,7-8,11H,6,9-10H2,1-3H3;1H. The normalized spacial score (nSPS) is 20.9. The molecular weight excluding hydrogens is 342 g/mol. The van der Waals surface area contributed by atoms with Crippen molar-refractivity contribution in [2.24, 2.45) is 0 Å². The highest BCUT2D eigenvalue weighted by molar-refractivity contribution is 9.09. The fourth-order valence-corrected chi connectivity index (χ4v) is 2.89. The van der Waals surface area contributed by atoms with Gasteiger partial charge in [0.2, 0.25) is 0 Å². The van der Waals surface area contributed by atoms with Crippen LogP contribution in [0.3, 0.4) is 0 Å². The molecule has 0 amide bonds. The van der Waals surface area contributed by atoms with E-state index in [9.17, 15) is 0 Å². The number of hydrogen-bond donors (Lipinski definition) is 0. The number of rotatable bonds is 3. The molecule has 96 valence electrons. The van der Waals surface area contributed by atoms with Crippen LogP contribution in [0.15, 0.2) is 24.3 Å². The van der Waals surface area contributed by atoms with Crippen molar-refractivity contribution < 1.29 is 0 Å². The van der Waals surface area contributed by atoms with Crippen LogP contribution in [0.2, 0.25) is 0 Å². The van der Waals surface area contributed by atoms with Gasteiger partial charge in [0.15, 0.2) is 0 Å². The summed E-state index contributed by atoms with van der Waals surface area (Å²) in [6, 6.07) is 9.42. The van der Waals surface area contributed by atoms with Crippen LogP contribution in [0.25, 0.3) is 0 Å². The molecular formula is C14H21Br2N. The molecule has 1 unspecified atom stereocenters. The molecule has 17 heavy (non-hydrogen) atoms. The summed E-state index contributed by atoms with van der Waals surface area (Å²) in [5.41, 5.74) is 3.20. The van der Waals surface area contributed by atoms with Crippen LogP contribution >= 0.6 is 32.9 Å². The minimum atomic E-state index is 0. The first-order valence-electron chi connectivity index (χ1n) is 6.01. The third-order valence-corrected chi connectivity index (χ3v) is 4.51. The van der Waals surface area contributed by atoms with Gasteiger partial charge in [-0.3, -0.25) is 0 Å². The van der Waals surface area contributed by atoms with Gasteiger partial charge in [-0.2, -0.15) is 0 Å². The Morgan fingerprint density at radius 2 is 1.94 bits per heavy atom. The van der Waals surface area contributed by atoms with Crippen LogP contribution in [0.1, 0.15) is 32.8 Å². The Labute approximate surface area is 123 Å². The summed E-state index contributed by atoms with van der Waals surface area (Å²) in [5, 5.41) is 1.08. The molecule has 1 nitrogen and oxygen atoms in total. The molecule has 1 aromatic rings. The van der Waals surface area contributed by atoms with E-state index in [4.69, 9.17) is 0 Å². The Bertz CT molecular complexity index is 376. The zero-order chi connectivity index (χ0) is 11.8. The number of nitrogens with zero attached hydrogens (tertiary/aromatic N) is 1. The predicted octanol–water partition coefficient (Wildman–Crippen LogP) is 4.54. The van der Waals surface area contributed by atoms with E-state index < -0.39 is 0 Å². The van der Waals surface area contributed by atoms with Gasteiger partial charge in [0, 0.05) is 29.0 Å². The number of para-hydroxylation sites is 1. The predicted molar refractivity (Wildman–Crippen MR) is 85.0 cm³/mol. The van der Waals surface area contributed by atoms with Gasteiger partial charge in [-0.05, 0) is 25.0 Å². The first kappa shape index (κ1) is 15.0. The number of hydrogen-bond acceptors (Lipinski definition) is 1. The summed E-state index contributed by atoms with van der Waals surface area (Å²) in [4.78, 5) is 2.55. The fraction of sp³-hybridized carbons (Fsp3) is 0.571. The van der Waals surface area contributed by atoms with Crippen LogP contribution in [0.4, 0.5) is 5.69 Å². The van der Waals surface area contributed by atoms with E-state index in [0.29, 0.717) is 6.04 Å². The highest BCUT2D eigenvalue weighted by atomic mass is 79.9. The lowest BCUT2D eigenvalue weighted by Crippen LogP contribution is -2.39. The maximum Gasteiger partial charge on any atom is 0.0407 e. The van der Waals surface area contributed by atoms with E-state index in [1.807, 2.05) is 0 Å². The Kier molecular flexibility index (Phi) is 5.08. The SMILES string of the molecule is Br.CC1N(CCCBr)c2ccccc2C1(C)C. The second kappa shape index (κ2) is 5.75. The largest absolute Gasteiger partial charge is 0.368 e. The van der Waals surface area contributed by atoms with E-state index in [1.165, 1.54) is 17.7 Å². The molecule has 1 aromatic carbocycles. The quantitative estimate of drug-likeness (QED) is 0.713. The van der Waals surface area contributed by atoms with Gasteiger partial charge in [-0.1, -0.05) is 48.0 Å². The van der Waals surface area contributed by atoms with Gasteiger partial charge in [0.25, 0.3) is 0 Å². The van der Waals surface area contributed by atoms with E-state index in [0.717, 1.165) is 11.9 Å². The monoisotopic (exact) mass is 361 g/mol. The van der Waals surface area contributed by atoms with Crippen molar-refractivity contribution in [2.75, 3.05) is 16.8 Å². The second-order valence-corrected chi connectivity index (χ2v) is 5.94. The fourth-order valence-electron chi connectivity index (χ4n) is 2.64.